The summed E-state index contributed by atoms with van der Waals surface area (Å²) in [5, 5.41) is 3.42. The lowest BCUT2D eigenvalue weighted by molar-refractivity contribution is 0.340. The van der Waals surface area contributed by atoms with Gasteiger partial charge in [-0.2, -0.15) is 11.8 Å². The molecule has 0 saturated heterocycles. The van der Waals surface area contributed by atoms with Crippen LogP contribution in [0.2, 0.25) is 0 Å². The van der Waals surface area contributed by atoms with E-state index >= 15 is 0 Å². The van der Waals surface area contributed by atoms with Gasteiger partial charge < -0.3 is 10.1 Å². The van der Waals surface area contributed by atoms with E-state index in [2.05, 4.69) is 24.0 Å². The summed E-state index contributed by atoms with van der Waals surface area (Å²) in [6.07, 6.45) is 1.94. The van der Waals surface area contributed by atoms with Gasteiger partial charge in [0.15, 0.2) is 0 Å². The van der Waals surface area contributed by atoms with Crippen LogP contribution in [0.1, 0.15) is 12.5 Å². The Morgan fingerprint density at radius 3 is 2.76 bits per heavy atom. The Balaban J connectivity index is 2.16. The minimum absolute atomic E-state index is 0.720. The van der Waals surface area contributed by atoms with Crippen LogP contribution >= 0.6 is 11.8 Å². The van der Waals surface area contributed by atoms with E-state index in [4.69, 9.17) is 4.74 Å². The zero-order valence-electron chi connectivity index (χ0n) is 10.4. The summed E-state index contributed by atoms with van der Waals surface area (Å²) < 4.78 is 5.40. The maximum absolute atomic E-state index is 5.40. The van der Waals surface area contributed by atoms with Gasteiger partial charge in [-0.3, -0.25) is 0 Å². The molecule has 1 rings (SSSR count). The molecule has 0 fully saturated rings. The van der Waals surface area contributed by atoms with Crippen molar-refractivity contribution in [2.45, 2.75) is 13.5 Å². The Morgan fingerprint density at radius 1 is 1.35 bits per heavy atom. The van der Waals surface area contributed by atoms with E-state index in [1.807, 2.05) is 36.9 Å². The highest BCUT2D eigenvalue weighted by molar-refractivity contribution is 7.99. The lowest BCUT2D eigenvalue weighted by Crippen LogP contribution is -2.16. The SMILES string of the molecule is C=CCSCCNCc1ccc(OCC)cc1. The largest absolute Gasteiger partial charge is 0.494 e. The predicted octanol–water partition coefficient (Wildman–Crippen LogP) is 3.09. The van der Waals surface area contributed by atoms with Crippen molar-refractivity contribution in [2.75, 3.05) is 24.7 Å². The van der Waals surface area contributed by atoms with E-state index in [1.165, 1.54) is 5.56 Å². The third-order valence-corrected chi connectivity index (χ3v) is 3.19. The topological polar surface area (TPSA) is 21.3 Å². The van der Waals surface area contributed by atoms with Gasteiger partial charge in [-0.15, -0.1) is 6.58 Å². The molecule has 0 radical (unpaired) electrons. The van der Waals surface area contributed by atoms with Crippen molar-refractivity contribution >= 4 is 11.8 Å². The number of thioether (sulfide) groups is 1. The molecule has 0 amide bonds. The molecule has 0 atom stereocenters. The van der Waals surface area contributed by atoms with Gasteiger partial charge in [0.1, 0.15) is 5.75 Å². The van der Waals surface area contributed by atoms with Crippen LogP contribution in [0.25, 0.3) is 0 Å². The van der Waals surface area contributed by atoms with E-state index in [1.54, 1.807) is 0 Å². The molecular formula is C14H21NOS. The predicted molar refractivity (Wildman–Crippen MR) is 76.8 cm³/mol. The number of hydrogen-bond donors (Lipinski definition) is 1. The van der Waals surface area contributed by atoms with Gasteiger partial charge in [-0.1, -0.05) is 18.2 Å². The fraction of sp³-hybridized carbons (Fsp3) is 0.429. The van der Waals surface area contributed by atoms with Crippen LogP contribution < -0.4 is 10.1 Å². The first-order valence-electron chi connectivity index (χ1n) is 5.98. The molecule has 0 aromatic heterocycles. The van der Waals surface area contributed by atoms with Crippen molar-refractivity contribution in [3.8, 4) is 5.75 Å². The average molecular weight is 251 g/mol. The number of rotatable bonds is 9. The minimum Gasteiger partial charge on any atom is -0.494 e. The Labute approximate surface area is 108 Å². The van der Waals surface area contributed by atoms with E-state index < -0.39 is 0 Å². The van der Waals surface area contributed by atoms with Gasteiger partial charge >= 0.3 is 0 Å². The van der Waals surface area contributed by atoms with E-state index in [-0.39, 0.29) is 0 Å². The quantitative estimate of drug-likeness (QED) is 0.538. The Morgan fingerprint density at radius 2 is 2.12 bits per heavy atom. The summed E-state index contributed by atoms with van der Waals surface area (Å²) in [7, 11) is 0. The van der Waals surface area contributed by atoms with Crippen molar-refractivity contribution in [2.24, 2.45) is 0 Å². The molecule has 0 aliphatic rings. The maximum atomic E-state index is 5.40. The first-order valence-corrected chi connectivity index (χ1v) is 7.13. The summed E-state index contributed by atoms with van der Waals surface area (Å²) in [6.45, 7) is 8.36. The maximum Gasteiger partial charge on any atom is 0.119 e. The summed E-state index contributed by atoms with van der Waals surface area (Å²) in [5.41, 5.74) is 1.29. The lowest BCUT2D eigenvalue weighted by atomic mass is 10.2. The second kappa shape index (κ2) is 9.14. The van der Waals surface area contributed by atoms with Gasteiger partial charge in [0.2, 0.25) is 0 Å². The van der Waals surface area contributed by atoms with Crippen LogP contribution in [0.5, 0.6) is 5.75 Å². The van der Waals surface area contributed by atoms with Crippen molar-refractivity contribution in [3.05, 3.63) is 42.5 Å². The van der Waals surface area contributed by atoms with Crippen LogP contribution in [-0.2, 0) is 6.54 Å². The zero-order chi connectivity index (χ0) is 12.3. The van der Waals surface area contributed by atoms with Gasteiger partial charge in [0.25, 0.3) is 0 Å². The Kier molecular flexibility index (Phi) is 7.60. The second-order valence-corrected chi connectivity index (χ2v) is 4.77. The molecule has 1 aromatic rings. The zero-order valence-corrected chi connectivity index (χ0v) is 11.3. The van der Waals surface area contributed by atoms with Gasteiger partial charge in [0.05, 0.1) is 6.61 Å². The highest BCUT2D eigenvalue weighted by Crippen LogP contribution is 2.11. The van der Waals surface area contributed by atoms with E-state index in [9.17, 15) is 0 Å². The van der Waals surface area contributed by atoms with Crippen molar-refractivity contribution in [3.63, 3.8) is 0 Å². The monoisotopic (exact) mass is 251 g/mol. The summed E-state index contributed by atoms with van der Waals surface area (Å²) >= 11 is 1.90. The fourth-order valence-corrected chi connectivity index (χ4v) is 2.04. The van der Waals surface area contributed by atoms with Gasteiger partial charge in [-0.25, -0.2) is 0 Å². The number of benzene rings is 1. The highest BCUT2D eigenvalue weighted by Gasteiger charge is 1.94. The third-order valence-electron chi connectivity index (χ3n) is 2.22. The van der Waals surface area contributed by atoms with E-state index in [0.717, 1.165) is 37.0 Å². The number of ether oxygens (including phenoxy) is 1. The number of hydrogen-bond acceptors (Lipinski definition) is 3. The molecule has 0 unspecified atom stereocenters. The molecule has 1 aromatic carbocycles. The van der Waals surface area contributed by atoms with Crippen LogP contribution in [0.15, 0.2) is 36.9 Å². The molecule has 2 nitrogen and oxygen atoms in total. The summed E-state index contributed by atoms with van der Waals surface area (Å²) in [5.74, 6) is 3.10. The van der Waals surface area contributed by atoms with Crippen LogP contribution in [0, 0.1) is 0 Å². The second-order valence-electron chi connectivity index (χ2n) is 3.62. The normalized spacial score (nSPS) is 10.2. The highest BCUT2D eigenvalue weighted by atomic mass is 32.2. The smallest absolute Gasteiger partial charge is 0.119 e. The molecule has 0 spiro atoms. The molecule has 17 heavy (non-hydrogen) atoms. The van der Waals surface area contributed by atoms with Crippen molar-refractivity contribution in [1.82, 2.24) is 5.32 Å². The minimum atomic E-state index is 0.720. The average Bonchev–Trinajstić information content (AvgIpc) is 2.36. The van der Waals surface area contributed by atoms with Crippen molar-refractivity contribution < 1.29 is 4.74 Å². The molecule has 3 heteroatoms. The third kappa shape index (κ3) is 6.39. The van der Waals surface area contributed by atoms with Gasteiger partial charge in [-0.05, 0) is 24.6 Å². The van der Waals surface area contributed by atoms with E-state index in [0.29, 0.717) is 0 Å². The van der Waals surface area contributed by atoms with Crippen LogP contribution in [-0.4, -0.2) is 24.7 Å². The first kappa shape index (κ1) is 14.1. The Bertz CT molecular complexity index is 311. The molecule has 0 saturated carbocycles. The molecule has 0 aliphatic carbocycles. The summed E-state index contributed by atoms with van der Waals surface area (Å²) in [4.78, 5) is 0. The van der Waals surface area contributed by atoms with Crippen LogP contribution in [0.4, 0.5) is 0 Å². The molecule has 1 N–H and O–H groups in total. The molecular weight excluding hydrogens is 230 g/mol. The molecule has 0 aliphatic heterocycles. The van der Waals surface area contributed by atoms with Crippen molar-refractivity contribution in [1.29, 1.82) is 0 Å². The van der Waals surface area contributed by atoms with Crippen LogP contribution in [0.3, 0.4) is 0 Å². The lowest BCUT2D eigenvalue weighted by Gasteiger charge is -2.06. The van der Waals surface area contributed by atoms with Gasteiger partial charge in [0, 0.05) is 24.6 Å². The fourth-order valence-electron chi connectivity index (χ4n) is 1.41. The standard InChI is InChI=1S/C14H21NOS/c1-3-10-17-11-9-15-12-13-5-7-14(8-6-13)16-4-2/h3,5-8,15H,1,4,9-12H2,2H3. The Hall–Kier alpha value is -0.930. The summed E-state index contributed by atoms with van der Waals surface area (Å²) in [6, 6.07) is 8.25. The molecule has 94 valence electrons. The molecule has 0 heterocycles. The molecule has 0 bridgehead atoms. The number of nitrogens with one attached hydrogen (secondary N) is 1. The first-order chi connectivity index (χ1) is 8.36.